The van der Waals surface area contributed by atoms with Gasteiger partial charge in [0.1, 0.15) is 0 Å². The first-order valence-corrected chi connectivity index (χ1v) is 4.24. The minimum atomic E-state index is 0. The average molecular weight is 262 g/mol. The zero-order valence-electron chi connectivity index (χ0n) is 11.3. The molecule has 1 aliphatic heterocycles. The van der Waals surface area contributed by atoms with Gasteiger partial charge in [0.05, 0.1) is 0 Å². The Bertz CT molecular complexity index is 203. The second-order valence-electron chi connectivity index (χ2n) is 2.01. The second kappa shape index (κ2) is 19.9. The molecule has 0 amide bonds. The number of allylic oxidation sites excluding steroid dienone is 5. The van der Waals surface area contributed by atoms with Crippen molar-refractivity contribution in [3.63, 3.8) is 0 Å². The van der Waals surface area contributed by atoms with Crippen molar-refractivity contribution >= 4 is 0 Å². The van der Waals surface area contributed by atoms with Gasteiger partial charge in [-0.15, -0.1) is 0 Å². The van der Waals surface area contributed by atoms with Gasteiger partial charge in [0, 0.05) is 17.1 Å². The first-order valence-electron chi connectivity index (χ1n) is 4.24. The van der Waals surface area contributed by atoms with Crippen LogP contribution in [0, 0.1) is 36.1 Å². The van der Waals surface area contributed by atoms with Crippen LogP contribution in [-0.4, -0.2) is 0 Å². The molecular formula is C14H25MnN-6. The zero-order valence-corrected chi connectivity index (χ0v) is 12.4. The van der Waals surface area contributed by atoms with Crippen LogP contribution < -0.4 is 0 Å². The molecule has 0 bridgehead atoms. The van der Waals surface area contributed by atoms with Gasteiger partial charge in [0.2, 0.25) is 0 Å². The molecule has 16 heavy (non-hydrogen) atoms. The minimum absolute atomic E-state index is 0. The summed E-state index contributed by atoms with van der Waals surface area (Å²) in [5, 5.41) is 4.23. The van der Waals surface area contributed by atoms with E-state index >= 15 is 0 Å². The third-order valence-electron chi connectivity index (χ3n) is 1.29. The monoisotopic (exact) mass is 262 g/mol. The van der Waals surface area contributed by atoms with E-state index in [0.717, 1.165) is 17.8 Å². The van der Waals surface area contributed by atoms with Gasteiger partial charge in [-0.25, -0.2) is 18.7 Å². The molecule has 0 spiro atoms. The largest absolute Gasteiger partial charge is 0.749 e. The van der Waals surface area contributed by atoms with Crippen LogP contribution in [0.3, 0.4) is 0 Å². The van der Waals surface area contributed by atoms with Crippen molar-refractivity contribution < 1.29 is 17.1 Å². The third-order valence-corrected chi connectivity index (χ3v) is 1.29. The fraction of sp³-hybridized carbons (Fsp3) is 0.214. The Hall–Kier alpha value is -0.591. The van der Waals surface area contributed by atoms with Crippen LogP contribution in [-0.2, 0) is 17.1 Å². The number of hydrogen-bond donors (Lipinski definition) is 0. The Labute approximate surface area is 115 Å². The summed E-state index contributed by atoms with van der Waals surface area (Å²) in [4.78, 5) is 0. The van der Waals surface area contributed by atoms with Crippen molar-refractivity contribution in [3.8, 4) is 0 Å². The van der Waals surface area contributed by atoms with Crippen LogP contribution in [0.25, 0.3) is 5.32 Å². The number of hydrogen-bond acceptors (Lipinski definition) is 0. The maximum atomic E-state index is 4.23. The van der Waals surface area contributed by atoms with Crippen LogP contribution in [0.15, 0.2) is 35.7 Å². The van der Waals surface area contributed by atoms with E-state index in [1.54, 1.807) is 6.08 Å². The average Bonchev–Trinajstić information content (AvgIpc) is 2.21. The predicted octanol–water partition coefficient (Wildman–Crippen LogP) is 5.13. The van der Waals surface area contributed by atoms with Crippen molar-refractivity contribution in [2.24, 2.45) is 0 Å². The molecule has 0 aliphatic carbocycles. The summed E-state index contributed by atoms with van der Waals surface area (Å²) in [6.45, 7) is 11.4. The van der Waals surface area contributed by atoms with Crippen molar-refractivity contribution in [2.75, 3.05) is 0 Å². The van der Waals surface area contributed by atoms with Crippen LogP contribution in [0.5, 0.6) is 0 Å². The Balaban J connectivity index is -0.0000000637. The van der Waals surface area contributed by atoms with Crippen LogP contribution in [0.1, 0.15) is 20.3 Å². The molecule has 2 heteroatoms. The molecule has 0 N–H and O–H groups in total. The summed E-state index contributed by atoms with van der Waals surface area (Å²) < 4.78 is 0. The molecule has 1 rings (SSSR count). The molecule has 0 aromatic carbocycles. The quantitative estimate of drug-likeness (QED) is 0.459. The first kappa shape index (κ1) is 29.5. The van der Waals surface area contributed by atoms with Crippen molar-refractivity contribution in [1.29, 1.82) is 0 Å². The van der Waals surface area contributed by atoms with Gasteiger partial charge in [-0.3, -0.25) is 0 Å². The molecule has 99 valence electrons. The molecule has 0 unspecified atom stereocenters. The maximum absolute atomic E-state index is 4.23. The van der Waals surface area contributed by atoms with E-state index in [-0.39, 0.29) is 39.3 Å². The first-order chi connectivity index (χ1) is 5.86. The second-order valence-corrected chi connectivity index (χ2v) is 2.01. The number of nitrogens with zero attached hydrogens (tertiary/aromatic N) is 1. The van der Waals surface area contributed by atoms with Gasteiger partial charge in [-0.2, -0.15) is 12.5 Å². The van der Waals surface area contributed by atoms with Crippen LogP contribution in [0.2, 0.25) is 0 Å². The summed E-state index contributed by atoms with van der Waals surface area (Å²) in [5.41, 5.74) is 1.93. The van der Waals surface area contributed by atoms with E-state index in [9.17, 15) is 0 Å². The molecule has 1 aliphatic rings. The van der Waals surface area contributed by atoms with E-state index in [1.165, 1.54) is 0 Å². The maximum Gasteiger partial charge on any atom is 0 e. The third kappa shape index (κ3) is 11.5. The van der Waals surface area contributed by atoms with E-state index in [2.05, 4.69) is 19.2 Å². The topological polar surface area (TPSA) is 14.1 Å². The summed E-state index contributed by atoms with van der Waals surface area (Å²) in [6.07, 6.45) is 8.32. The van der Waals surface area contributed by atoms with Gasteiger partial charge in [-0.1, -0.05) is 26.0 Å². The van der Waals surface area contributed by atoms with E-state index in [1.807, 2.05) is 32.1 Å². The summed E-state index contributed by atoms with van der Waals surface area (Å²) >= 11 is 0. The minimum Gasteiger partial charge on any atom is -0.749 e. The molecule has 1 heterocycles. The van der Waals surface area contributed by atoms with E-state index in [0.29, 0.717) is 0 Å². The molecule has 0 saturated heterocycles. The Morgan fingerprint density at radius 3 is 2.12 bits per heavy atom. The fourth-order valence-corrected chi connectivity index (χ4v) is 0.751. The van der Waals surface area contributed by atoms with Crippen LogP contribution in [0.4, 0.5) is 0 Å². The van der Waals surface area contributed by atoms with E-state index < -0.39 is 0 Å². The van der Waals surface area contributed by atoms with Crippen molar-refractivity contribution in [2.45, 2.75) is 20.3 Å². The molecule has 1 radical (unpaired) electrons. The molecular weight excluding hydrogens is 237 g/mol. The smallest absolute Gasteiger partial charge is 0 e. The Morgan fingerprint density at radius 1 is 1.25 bits per heavy atom. The fourth-order valence-electron chi connectivity index (χ4n) is 0.751. The molecule has 1 nitrogen and oxygen atoms in total. The summed E-state index contributed by atoms with van der Waals surface area (Å²) in [5.74, 6) is 0. The van der Waals surface area contributed by atoms with E-state index in [4.69, 9.17) is 0 Å². The normalized spacial score (nSPS) is 13.2. The Morgan fingerprint density at radius 2 is 1.75 bits per heavy atom. The van der Waals surface area contributed by atoms with Crippen LogP contribution >= 0.6 is 0 Å². The number of rotatable bonds is 1. The summed E-state index contributed by atoms with van der Waals surface area (Å²) in [6, 6.07) is 0. The SMILES string of the molecule is CC.[CH2-]C=C1C=CC=C(C[CH2-])[N-]1.[CH3-].[CH3-].[CH3-].[Mn]. The standard InChI is InChI=1S/C9H10N.C2H6.3CH3.Mn/c1-3-8-6-5-7-9(4-2)10-8;1-2;;;;/h3,5-7H,1-2,4H2;1-2H3;3*1H3;/q-3;;3*-1;. The summed E-state index contributed by atoms with van der Waals surface area (Å²) in [7, 11) is 0. The molecule has 0 saturated carbocycles. The van der Waals surface area contributed by atoms with Gasteiger partial charge in [-0.05, 0) is 0 Å². The van der Waals surface area contributed by atoms with Crippen molar-refractivity contribution in [1.82, 2.24) is 0 Å². The zero-order chi connectivity index (χ0) is 9.40. The predicted molar refractivity (Wildman–Crippen MR) is 74.6 cm³/mol. The van der Waals surface area contributed by atoms with Gasteiger partial charge in [0.15, 0.2) is 0 Å². The molecule has 0 atom stereocenters. The molecule has 0 aromatic rings. The van der Waals surface area contributed by atoms with Gasteiger partial charge < -0.3 is 40.2 Å². The van der Waals surface area contributed by atoms with Crippen molar-refractivity contribution in [3.05, 3.63) is 77.1 Å². The van der Waals surface area contributed by atoms with Gasteiger partial charge in [0.25, 0.3) is 0 Å². The van der Waals surface area contributed by atoms with Gasteiger partial charge >= 0.3 is 0 Å². The molecule has 0 aromatic heterocycles. The molecule has 0 fully saturated rings. The Kier molecular flexibility index (Phi) is 36.7.